The third kappa shape index (κ3) is 10.9. The molecule has 0 aliphatic heterocycles. The van der Waals surface area contributed by atoms with Crippen molar-refractivity contribution in [2.24, 2.45) is 11.3 Å². The van der Waals surface area contributed by atoms with E-state index in [-0.39, 0.29) is 55.3 Å². The van der Waals surface area contributed by atoms with Gasteiger partial charge in [-0.15, -0.1) is 13.2 Å². The molecule has 0 aliphatic carbocycles. The maximum Gasteiger partial charge on any atom is 0.306 e. The highest BCUT2D eigenvalue weighted by Gasteiger charge is 2.30. The molecular formula is C21H36N2O5. The minimum Gasteiger partial charge on any atom is -0.463 e. The minimum atomic E-state index is -0.593. The number of aliphatic hydroxyl groups is 1. The summed E-state index contributed by atoms with van der Waals surface area (Å²) in [6.45, 7) is 14.6. The maximum absolute atomic E-state index is 12.8. The van der Waals surface area contributed by atoms with Gasteiger partial charge in [-0.25, -0.2) is 0 Å². The van der Waals surface area contributed by atoms with Crippen LogP contribution in [0.4, 0.5) is 0 Å². The van der Waals surface area contributed by atoms with Gasteiger partial charge in [-0.1, -0.05) is 32.9 Å². The van der Waals surface area contributed by atoms with Crippen LogP contribution < -0.4 is 10.6 Å². The average Bonchev–Trinajstić information content (AvgIpc) is 2.61. The van der Waals surface area contributed by atoms with Gasteiger partial charge in [0.05, 0.1) is 18.6 Å². The van der Waals surface area contributed by atoms with Crippen molar-refractivity contribution in [1.29, 1.82) is 0 Å². The number of hydrogen-bond donors (Lipinski definition) is 3. The summed E-state index contributed by atoms with van der Waals surface area (Å²) in [4.78, 5) is 36.6. The lowest BCUT2D eigenvalue weighted by Crippen LogP contribution is -2.49. The fourth-order valence-electron chi connectivity index (χ4n) is 2.35. The van der Waals surface area contributed by atoms with Crippen LogP contribution in [-0.4, -0.2) is 48.2 Å². The van der Waals surface area contributed by atoms with Crippen molar-refractivity contribution < 1.29 is 24.2 Å². The van der Waals surface area contributed by atoms with E-state index in [1.54, 1.807) is 19.1 Å². The predicted octanol–water partition coefficient (Wildman–Crippen LogP) is 2.11. The monoisotopic (exact) mass is 396 g/mol. The lowest BCUT2D eigenvalue weighted by Gasteiger charge is -2.32. The second-order valence-electron chi connectivity index (χ2n) is 8.01. The van der Waals surface area contributed by atoms with E-state index in [0.717, 1.165) is 0 Å². The van der Waals surface area contributed by atoms with Crippen LogP contribution in [0, 0.1) is 11.3 Å². The van der Waals surface area contributed by atoms with Gasteiger partial charge in [0.25, 0.3) is 0 Å². The second-order valence-corrected chi connectivity index (χ2v) is 8.01. The molecule has 0 unspecified atom stereocenters. The number of rotatable bonds is 13. The lowest BCUT2D eigenvalue weighted by molar-refractivity contribution is -0.146. The summed E-state index contributed by atoms with van der Waals surface area (Å²) in [6, 6.07) is -0.781. The van der Waals surface area contributed by atoms with Crippen LogP contribution in [0.1, 0.15) is 53.4 Å². The van der Waals surface area contributed by atoms with Crippen molar-refractivity contribution in [2.45, 2.75) is 65.5 Å². The van der Waals surface area contributed by atoms with E-state index in [4.69, 9.17) is 9.84 Å². The van der Waals surface area contributed by atoms with Gasteiger partial charge >= 0.3 is 5.97 Å². The molecule has 0 spiro atoms. The summed E-state index contributed by atoms with van der Waals surface area (Å²) in [5, 5.41) is 14.6. The van der Waals surface area contributed by atoms with Crippen molar-refractivity contribution in [1.82, 2.24) is 10.6 Å². The maximum atomic E-state index is 12.8. The number of ether oxygens (including phenoxy) is 1. The molecule has 0 heterocycles. The Balaban J connectivity index is 4.97. The molecule has 7 heteroatoms. The zero-order valence-electron chi connectivity index (χ0n) is 17.6. The number of aliphatic hydroxyl groups excluding tert-OH is 1. The van der Waals surface area contributed by atoms with E-state index >= 15 is 0 Å². The molecule has 0 saturated carbocycles. The molecule has 7 nitrogen and oxygen atoms in total. The summed E-state index contributed by atoms with van der Waals surface area (Å²) >= 11 is 0. The number of allylic oxidation sites excluding steroid dienone is 2. The van der Waals surface area contributed by atoms with E-state index in [2.05, 4.69) is 23.8 Å². The first kappa shape index (κ1) is 25.9. The molecule has 0 rings (SSSR count). The molecule has 0 aromatic heterocycles. The first-order valence-electron chi connectivity index (χ1n) is 9.63. The SMILES string of the molecule is C=CCCC(=O)OC[C@@H](NC(=O)[C@@H](CC=C)CC(=O)N[C@H](C)CO)C(C)(C)C. The summed E-state index contributed by atoms with van der Waals surface area (Å²) < 4.78 is 5.29. The Labute approximate surface area is 168 Å². The molecule has 0 aromatic rings. The van der Waals surface area contributed by atoms with E-state index in [1.807, 2.05) is 20.8 Å². The summed E-state index contributed by atoms with van der Waals surface area (Å²) in [5.74, 6) is -1.55. The number of nitrogens with one attached hydrogen (secondary N) is 2. The highest BCUT2D eigenvalue weighted by atomic mass is 16.5. The molecule has 160 valence electrons. The van der Waals surface area contributed by atoms with Gasteiger partial charge in [0, 0.05) is 18.9 Å². The highest BCUT2D eigenvalue weighted by Crippen LogP contribution is 2.21. The Hall–Kier alpha value is -2.15. The molecule has 2 amide bonds. The number of amides is 2. The zero-order valence-corrected chi connectivity index (χ0v) is 17.6. The molecule has 0 saturated heterocycles. The Morgan fingerprint density at radius 2 is 1.79 bits per heavy atom. The van der Waals surface area contributed by atoms with E-state index in [1.165, 1.54) is 0 Å². The molecule has 0 radical (unpaired) electrons. The van der Waals surface area contributed by atoms with Gasteiger partial charge in [-0.05, 0) is 25.2 Å². The summed E-state index contributed by atoms with van der Waals surface area (Å²) in [6.07, 6.45) is 4.34. The largest absolute Gasteiger partial charge is 0.463 e. The number of carbonyl (C=O) groups excluding carboxylic acids is 3. The van der Waals surface area contributed by atoms with Gasteiger partial charge in [-0.3, -0.25) is 14.4 Å². The Bertz CT molecular complexity index is 539. The van der Waals surface area contributed by atoms with Crippen LogP contribution in [0.15, 0.2) is 25.3 Å². The average molecular weight is 397 g/mol. The van der Waals surface area contributed by atoms with Crippen LogP contribution >= 0.6 is 0 Å². The van der Waals surface area contributed by atoms with E-state index in [0.29, 0.717) is 12.8 Å². The van der Waals surface area contributed by atoms with Crippen LogP contribution in [0.2, 0.25) is 0 Å². The van der Waals surface area contributed by atoms with Crippen molar-refractivity contribution in [2.75, 3.05) is 13.2 Å². The first-order valence-corrected chi connectivity index (χ1v) is 9.63. The lowest BCUT2D eigenvalue weighted by atomic mass is 9.86. The van der Waals surface area contributed by atoms with Crippen LogP contribution in [0.5, 0.6) is 0 Å². The number of hydrogen-bond acceptors (Lipinski definition) is 5. The molecular weight excluding hydrogens is 360 g/mol. The number of carbonyl (C=O) groups is 3. The third-order valence-electron chi connectivity index (χ3n) is 4.26. The van der Waals surface area contributed by atoms with Gasteiger partial charge < -0.3 is 20.5 Å². The van der Waals surface area contributed by atoms with Gasteiger partial charge in [0.1, 0.15) is 6.61 Å². The van der Waals surface area contributed by atoms with Gasteiger partial charge in [0.2, 0.25) is 11.8 Å². The zero-order chi connectivity index (χ0) is 21.7. The van der Waals surface area contributed by atoms with Crippen LogP contribution in [0.25, 0.3) is 0 Å². The number of esters is 1. The second kappa shape index (κ2) is 13.1. The highest BCUT2D eigenvalue weighted by molar-refractivity contribution is 5.86. The molecule has 3 N–H and O–H groups in total. The Morgan fingerprint density at radius 3 is 2.29 bits per heavy atom. The van der Waals surface area contributed by atoms with Crippen LogP contribution in [0.3, 0.4) is 0 Å². The van der Waals surface area contributed by atoms with E-state index in [9.17, 15) is 14.4 Å². The summed E-state index contributed by atoms with van der Waals surface area (Å²) in [5.41, 5.74) is -0.346. The van der Waals surface area contributed by atoms with E-state index < -0.39 is 12.0 Å². The summed E-state index contributed by atoms with van der Waals surface area (Å²) in [7, 11) is 0. The normalized spacial score (nSPS) is 14.3. The molecule has 0 aliphatic rings. The van der Waals surface area contributed by atoms with Crippen molar-refractivity contribution in [3.63, 3.8) is 0 Å². The topological polar surface area (TPSA) is 105 Å². The molecule has 0 bridgehead atoms. The standard InChI is InChI=1S/C21H36N2O5/c1-7-9-11-19(26)28-14-17(21(4,5)6)23-20(27)16(10-8-2)12-18(25)22-15(3)13-24/h7-8,15-17,24H,1-2,9-14H2,3-6H3,(H,22,25)(H,23,27)/t15-,16+,17-/m1/s1. The molecule has 0 aromatic carbocycles. The fraction of sp³-hybridized carbons (Fsp3) is 0.667. The molecule has 3 atom stereocenters. The Morgan fingerprint density at radius 1 is 1.14 bits per heavy atom. The van der Waals surface area contributed by atoms with Crippen LogP contribution in [-0.2, 0) is 19.1 Å². The Kier molecular flexibility index (Phi) is 12.1. The third-order valence-corrected chi connectivity index (χ3v) is 4.26. The van der Waals surface area contributed by atoms with Gasteiger partial charge in [0.15, 0.2) is 0 Å². The first-order chi connectivity index (χ1) is 13.0. The molecule has 0 fully saturated rings. The quantitative estimate of drug-likeness (QED) is 0.327. The fourth-order valence-corrected chi connectivity index (χ4v) is 2.35. The minimum absolute atomic E-state index is 0.0157. The van der Waals surface area contributed by atoms with Crippen molar-refractivity contribution >= 4 is 17.8 Å². The van der Waals surface area contributed by atoms with Gasteiger partial charge in [-0.2, -0.15) is 0 Å². The predicted molar refractivity (Wildman–Crippen MR) is 109 cm³/mol. The smallest absolute Gasteiger partial charge is 0.306 e. The molecule has 28 heavy (non-hydrogen) atoms. The van der Waals surface area contributed by atoms with Crippen molar-refractivity contribution in [3.05, 3.63) is 25.3 Å². The van der Waals surface area contributed by atoms with Crippen molar-refractivity contribution in [3.8, 4) is 0 Å².